The van der Waals surface area contributed by atoms with E-state index in [-0.39, 0.29) is 30.5 Å². The first-order valence-electron chi connectivity index (χ1n) is 8.38. The van der Waals surface area contributed by atoms with E-state index in [0.29, 0.717) is 19.4 Å². The Hall–Kier alpha value is -2.93. The van der Waals surface area contributed by atoms with Gasteiger partial charge in [0, 0.05) is 19.7 Å². The number of ether oxygens (including phenoxy) is 2. The number of nitrogens with one attached hydrogen (secondary N) is 1. The van der Waals surface area contributed by atoms with Crippen molar-refractivity contribution in [1.29, 1.82) is 5.26 Å². The molecule has 0 aromatic carbocycles. The zero-order valence-electron chi connectivity index (χ0n) is 15.7. The molecule has 1 amide bonds. The summed E-state index contributed by atoms with van der Waals surface area (Å²) in [5.74, 6) is -0.330. The van der Waals surface area contributed by atoms with Gasteiger partial charge >= 0.3 is 0 Å². The summed E-state index contributed by atoms with van der Waals surface area (Å²) in [5, 5.41) is 14.8. The molecule has 0 fully saturated rings. The number of carbonyl (C=O) groups excluding carboxylic acids is 2. The number of methoxy groups -OCH3 is 1. The van der Waals surface area contributed by atoms with Crippen LogP contribution in [0, 0.1) is 11.3 Å². The fraction of sp³-hybridized carbons (Fsp3) is 0.588. The predicted octanol–water partition coefficient (Wildman–Crippen LogP) is 0.583. The van der Waals surface area contributed by atoms with E-state index in [2.05, 4.69) is 20.0 Å². The van der Waals surface area contributed by atoms with Gasteiger partial charge in [-0.3, -0.25) is 14.6 Å². The fourth-order valence-electron chi connectivity index (χ4n) is 1.91. The molecule has 0 unspecified atom stereocenters. The lowest BCUT2D eigenvalue weighted by Crippen LogP contribution is -2.51. The van der Waals surface area contributed by atoms with Gasteiger partial charge in [-0.15, -0.1) is 0 Å². The van der Waals surface area contributed by atoms with Crippen LogP contribution in [0.25, 0.3) is 0 Å². The molecule has 3 N–H and O–H groups in total. The Kier molecular flexibility index (Phi) is 8.95. The zero-order valence-corrected chi connectivity index (χ0v) is 15.7. The topological polar surface area (TPSA) is 153 Å². The highest BCUT2D eigenvalue weighted by Gasteiger charge is 2.31. The third kappa shape index (κ3) is 7.87. The maximum Gasteiger partial charge on any atom is 0.254 e. The molecule has 0 spiro atoms. The Bertz CT molecular complexity index is 678. The van der Waals surface area contributed by atoms with Gasteiger partial charge in [-0.1, -0.05) is 0 Å². The van der Waals surface area contributed by atoms with Crippen LogP contribution in [0.1, 0.15) is 33.1 Å². The van der Waals surface area contributed by atoms with Crippen molar-refractivity contribution in [3.8, 4) is 11.9 Å². The zero-order chi connectivity index (χ0) is 20.3. The molecule has 0 radical (unpaired) electrons. The second-order valence-corrected chi connectivity index (χ2v) is 6.18. The number of Topliss-reactive ketones (excluding diaryl/α,β-unsaturated/α-hetero) is 1. The average Bonchev–Trinajstić information content (AvgIpc) is 3.15. The van der Waals surface area contributed by atoms with Crippen molar-refractivity contribution >= 4 is 17.5 Å². The maximum absolute atomic E-state index is 12.5. The summed E-state index contributed by atoms with van der Waals surface area (Å²) in [6.45, 7) is 3.26. The standard InChI is InChI=1S/C17H25N5O5/c1-17(2,25-3)16(24)21-12(5-4-9-20-14(19)6-8-18)13(23)11-26-15-7-10-27-22-15/h7,10,12H,4-6,9,11H2,1-3H3,(H2,19,20)(H,21,24)/t12-/m0/s1. The number of hydrogen-bond donors (Lipinski definition) is 2. The number of amidine groups is 1. The second kappa shape index (κ2) is 10.9. The van der Waals surface area contributed by atoms with E-state index in [4.69, 9.17) is 20.5 Å². The van der Waals surface area contributed by atoms with Gasteiger partial charge in [0.2, 0.25) is 0 Å². The molecule has 0 saturated carbocycles. The first-order chi connectivity index (χ1) is 12.8. The summed E-state index contributed by atoms with van der Waals surface area (Å²) < 4.78 is 15.0. The number of carbonyl (C=O) groups is 2. The minimum absolute atomic E-state index is 0.0483. The third-order valence-corrected chi connectivity index (χ3v) is 3.75. The molecule has 10 nitrogen and oxygen atoms in total. The van der Waals surface area contributed by atoms with Gasteiger partial charge in [0.25, 0.3) is 11.8 Å². The Labute approximate surface area is 157 Å². The van der Waals surface area contributed by atoms with Gasteiger partial charge < -0.3 is 25.0 Å². The van der Waals surface area contributed by atoms with Crippen molar-refractivity contribution in [3.63, 3.8) is 0 Å². The summed E-state index contributed by atoms with van der Waals surface area (Å²) in [6, 6.07) is 2.59. The third-order valence-electron chi connectivity index (χ3n) is 3.75. The maximum atomic E-state index is 12.5. The summed E-state index contributed by atoms with van der Waals surface area (Å²) in [5.41, 5.74) is 4.47. The van der Waals surface area contributed by atoms with Crippen LogP contribution in [0.15, 0.2) is 21.8 Å². The lowest BCUT2D eigenvalue weighted by Gasteiger charge is -2.25. The Morgan fingerprint density at radius 3 is 2.85 bits per heavy atom. The molecule has 148 valence electrons. The van der Waals surface area contributed by atoms with Gasteiger partial charge in [0.1, 0.15) is 17.7 Å². The number of ketones is 1. The van der Waals surface area contributed by atoms with Crippen LogP contribution in [0.2, 0.25) is 0 Å². The molecule has 1 rings (SSSR count). The summed E-state index contributed by atoms with van der Waals surface area (Å²) >= 11 is 0. The molecule has 1 aromatic rings. The van der Waals surface area contributed by atoms with Crippen molar-refractivity contribution in [1.82, 2.24) is 10.5 Å². The first kappa shape index (κ1) is 22.1. The largest absolute Gasteiger partial charge is 0.467 e. The highest BCUT2D eigenvalue weighted by Crippen LogP contribution is 2.11. The van der Waals surface area contributed by atoms with Gasteiger partial charge in [-0.05, 0) is 31.8 Å². The number of nitrogens with zero attached hydrogens (tertiary/aromatic N) is 3. The van der Waals surface area contributed by atoms with E-state index in [1.807, 2.05) is 6.07 Å². The molecular weight excluding hydrogens is 354 g/mol. The van der Waals surface area contributed by atoms with Crippen LogP contribution < -0.4 is 15.8 Å². The molecule has 0 aliphatic heterocycles. The molecule has 1 heterocycles. The van der Waals surface area contributed by atoms with Crippen LogP contribution in [0.4, 0.5) is 0 Å². The van der Waals surface area contributed by atoms with Crippen molar-refractivity contribution in [2.24, 2.45) is 10.7 Å². The van der Waals surface area contributed by atoms with Crippen LogP contribution in [-0.2, 0) is 14.3 Å². The average molecular weight is 379 g/mol. The number of amides is 1. The van der Waals surface area contributed by atoms with Gasteiger partial charge in [-0.2, -0.15) is 5.26 Å². The molecule has 1 aromatic heterocycles. The van der Waals surface area contributed by atoms with Crippen molar-refractivity contribution < 1.29 is 23.6 Å². The molecular formula is C17H25N5O5. The van der Waals surface area contributed by atoms with E-state index >= 15 is 0 Å². The fourth-order valence-corrected chi connectivity index (χ4v) is 1.91. The number of nitrogens with two attached hydrogens (primary N) is 1. The van der Waals surface area contributed by atoms with Gasteiger partial charge in [0.15, 0.2) is 12.4 Å². The van der Waals surface area contributed by atoms with Crippen LogP contribution in [-0.4, -0.2) is 54.6 Å². The highest BCUT2D eigenvalue weighted by molar-refractivity contribution is 5.92. The first-order valence-corrected chi connectivity index (χ1v) is 8.38. The molecule has 0 aliphatic carbocycles. The molecule has 10 heteroatoms. The van der Waals surface area contributed by atoms with Crippen LogP contribution in [0.5, 0.6) is 5.88 Å². The smallest absolute Gasteiger partial charge is 0.254 e. The van der Waals surface area contributed by atoms with E-state index < -0.39 is 17.6 Å². The Morgan fingerprint density at radius 1 is 1.52 bits per heavy atom. The Morgan fingerprint density at radius 2 is 2.26 bits per heavy atom. The lowest BCUT2D eigenvalue weighted by molar-refractivity contribution is -0.142. The second-order valence-electron chi connectivity index (χ2n) is 6.18. The summed E-state index contributed by atoms with van der Waals surface area (Å²) in [6.07, 6.45) is 2.19. The number of hydrogen-bond acceptors (Lipinski definition) is 8. The van der Waals surface area contributed by atoms with Crippen molar-refractivity contribution in [2.75, 3.05) is 20.3 Å². The van der Waals surface area contributed by atoms with E-state index in [9.17, 15) is 9.59 Å². The van der Waals surface area contributed by atoms with Crippen molar-refractivity contribution in [2.45, 2.75) is 44.8 Å². The van der Waals surface area contributed by atoms with E-state index in [1.165, 1.54) is 19.4 Å². The number of aliphatic imine (C=N–C) groups is 1. The minimum atomic E-state index is -1.08. The van der Waals surface area contributed by atoms with E-state index in [0.717, 1.165) is 0 Å². The number of aromatic nitrogens is 1. The number of rotatable bonds is 12. The predicted molar refractivity (Wildman–Crippen MR) is 96.0 cm³/mol. The highest BCUT2D eigenvalue weighted by atomic mass is 16.5. The molecule has 1 atom stereocenters. The lowest BCUT2D eigenvalue weighted by atomic mass is 10.0. The normalized spacial score (nSPS) is 12.9. The summed E-state index contributed by atoms with van der Waals surface area (Å²) in [4.78, 5) is 28.9. The molecule has 27 heavy (non-hydrogen) atoms. The molecule has 0 aliphatic rings. The monoisotopic (exact) mass is 379 g/mol. The quantitative estimate of drug-likeness (QED) is 0.304. The SMILES string of the molecule is COC(C)(C)C(=O)N[C@@H](CCCN=C(N)CC#N)C(=O)COc1ccon1. The number of nitriles is 1. The molecule has 0 bridgehead atoms. The molecule has 0 saturated heterocycles. The van der Waals surface area contributed by atoms with Crippen LogP contribution in [0.3, 0.4) is 0 Å². The van der Waals surface area contributed by atoms with Gasteiger partial charge in [-0.25, -0.2) is 0 Å². The van der Waals surface area contributed by atoms with E-state index in [1.54, 1.807) is 13.8 Å². The van der Waals surface area contributed by atoms with Gasteiger partial charge in [0.05, 0.1) is 18.5 Å². The summed E-state index contributed by atoms with van der Waals surface area (Å²) in [7, 11) is 1.41. The minimum Gasteiger partial charge on any atom is -0.467 e. The van der Waals surface area contributed by atoms with Crippen LogP contribution >= 0.6 is 0 Å². The van der Waals surface area contributed by atoms with Crippen molar-refractivity contribution in [3.05, 3.63) is 12.3 Å². The Balaban J connectivity index is 2.67.